The summed E-state index contributed by atoms with van der Waals surface area (Å²) >= 11 is 0. The average Bonchev–Trinajstić information content (AvgIpc) is 4.11. The van der Waals surface area contributed by atoms with Gasteiger partial charge in [-0.3, -0.25) is 9.59 Å². The number of carboxylic acids is 2. The van der Waals surface area contributed by atoms with Gasteiger partial charge in [-0.1, -0.05) is 0 Å². The van der Waals surface area contributed by atoms with Crippen LogP contribution in [0.25, 0.3) is 89.7 Å². The number of benzene rings is 4. The van der Waals surface area contributed by atoms with Gasteiger partial charge in [0.1, 0.15) is 35.7 Å². The molecule has 0 fully saturated rings. The van der Waals surface area contributed by atoms with E-state index >= 15 is 0 Å². The van der Waals surface area contributed by atoms with E-state index in [2.05, 4.69) is 19.4 Å². The van der Waals surface area contributed by atoms with E-state index in [4.69, 9.17) is 29.9 Å². The molecule has 7 aromatic rings. The lowest BCUT2D eigenvalue weighted by Gasteiger charge is -2.10. The predicted molar refractivity (Wildman–Crippen MR) is 278 cm³/mol. The highest BCUT2D eigenvalue weighted by Crippen LogP contribution is 2.39. The molecule has 0 atom stereocenters. The molecule has 9 rings (SSSR count). The molecule has 0 unspecified atom stereocenters. The Labute approximate surface area is 434 Å². The second-order valence-electron chi connectivity index (χ2n) is 18.0. The van der Waals surface area contributed by atoms with Crippen molar-refractivity contribution in [2.45, 2.75) is 32.4 Å². The zero-order chi connectivity index (χ0) is 54.5. The molecule has 8 bridgehead atoms. The lowest BCUT2D eigenvalue weighted by atomic mass is 10.1. The van der Waals surface area contributed by atoms with Gasteiger partial charge in [0.15, 0.2) is 23.3 Å². The highest BCUT2D eigenvalue weighted by atomic mass is 32.2. The smallest absolute Gasteiger partial charge is 0.318 e. The van der Waals surface area contributed by atoms with Gasteiger partial charge in [-0.15, -0.1) is 0 Å². The standard InChI is InChI=1S/C46H48N14O12S4/c1-59(2)17-5-15-47-73(65,66)25-7-11-29-33(19-25)43-51-39(29)55-45-36-22-28(76(71,72)50-24-38(63)64)10-14-32(36)42(58-45)54-44-34-20-26(74(67,68)48-16-6-18-60(3)4)8-12-30(34)40(52-44)56-46-35-21-27(75(69,70)49-23-37(61)62)9-13-31(35)41(53-43)57-46/h7-14,19-22,47-50H,5-6,15-18,23-24H2,1-4H3,(H,61,62)(H,63,64)(H2,51,52,53,54,55,56,57,58). The highest BCUT2D eigenvalue weighted by molar-refractivity contribution is 7.90. The van der Waals surface area contributed by atoms with Crippen LogP contribution in [0.3, 0.4) is 0 Å². The number of H-pyrrole nitrogens is 2. The van der Waals surface area contributed by atoms with E-state index in [0.717, 1.165) is 0 Å². The van der Waals surface area contributed by atoms with E-state index in [1.807, 2.05) is 47.4 Å². The van der Waals surface area contributed by atoms with Crippen molar-refractivity contribution in [2.75, 3.05) is 67.5 Å². The molecule has 0 saturated heterocycles. The maximum absolute atomic E-state index is 13.8. The van der Waals surface area contributed by atoms with Gasteiger partial charge in [0, 0.05) is 56.9 Å². The summed E-state index contributed by atoms with van der Waals surface area (Å²) in [6, 6.07) is 16.1. The fourth-order valence-electron chi connectivity index (χ4n) is 8.23. The summed E-state index contributed by atoms with van der Waals surface area (Å²) in [7, 11) is -9.66. The Balaban J connectivity index is 1.35. The van der Waals surface area contributed by atoms with Crippen LogP contribution in [-0.2, 0) is 49.7 Å². The first-order valence-corrected chi connectivity index (χ1v) is 28.9. The number of carbonyl (C=O) groups is 2. The van der Waals surface area contributed by atoms with Crippen molar-refractivity contribution in [3.8, 4) is 45.6 Å². The summed E-state index contributed by atoms with van der Waals surface area (Å²) in [5.41, 5.74) is 0.820. The van der Waals surface area contributed by atoms with Crippen molar-refractivity contribution >= 4 is 96.2 Å². The van der Waals surface area contributed by atoms with Gasteiger partial charge in [0.2, 0.25) is 40.1 Å². The molecule has 5 heterocycles. The number of sulfonamides is 4. The molecule has 2 aliphatic rings. The molecule has 8 N–H and O–H groups in total. The quantitative estimate of drug-likeness (QED) is 0.0506. The van der Waals surface area contributed by atoms with Gasteiger partial charge in [-0.25, -0.2) is 73.0 Å². The van der Waals surface area contributed by atoms with Crippen LogP contribution >= 0.6 is 0 Å². The van der Waals surface area contributed by atoms with E-state index in [9.17, 15) is 53.5 Å². The number of fused-ring (bicyclic) bond motifs is 20. The normalized spacial score (nSPS) is 12.9. The van der Waals surface area contributed by atoms with Gasteiger partial charge in [0.05, 0.1) is 19.6 Å². The summed E-state index contributed by atoms with van der Waals surface area (Å²) < 4.78 is 118. The molecule has 76 heavy (non-hydrogen) atoms. The highest BCUT2D eigenvalue weighted by Gasteiger charge is 2.28. The first-order valence-electron chi connectivity index (χ1n) is 23.0. The van der Waals surface area contributed by atoms with E-state index in [-0.39, 0.29) is 112 Å². The SMILES string of the molecule is CN(C)CCCNS(=O)(=O)c1ccc2c3nc4nc(nc5[nH]c(nc6nc(nc([nH]3)c2c1)-c1ccc(S(=O)(=O)NCC(=O)O)cc1-6)c1ccc(S(=O)(=O)NCCCN(C)C)cc51)-c1ccc(S(=O)(=O)NCC(=O)O)cc1-4. The molecule has 0 saturated carbocycles. The summed E-state index contributed by atoms with van der Waals surface area (Å²) in [4.78, 5) is 60.9. The van der Waals surface area contributed by atoms with Gasteiger partial charge in [0.25, 0.3) is 0 Å². The summed E-state index contributed by atoms with van der Waals surface area (Å²) in [6.45, 7) is -0.359. The third kappa shape index (κ3) is 11.2. The van der Waals surface area contributed by atoms with Crippen LogP contribution in [-0.4, -0.2) is 173 Å². The van der Waals surface area contributed by atoms with Crippen LogP contribution in [0.15, 0.2) is 92.4 Å². The number of hydrogen-bond acceptors (Lipinski definition) is 18. The number of hydrogen-bond donors (Lipinski definition) is 8. The molecule has 398 valence electrons. The van der Waals surface area contributed by atoms with Crippen molar-refractivity contribution in [3.63, 3.8) is 0 Å². The van der Waals surface area contributed by atoms with Crippen LogP contribution in [0.2, 0.25) is 0 Å². The number of rotatable bonds is 20. The van der Waals surface area contributed by atoms with Crippen molar-refractivity contribution in [1.29, 1.82) is 0 Å². The van der Waals surface area contributed by atoms with E-state index in [0.29, 0.717) is 36.7 Å². The summed E-state index contributed by atoms with van der Waals surface area (Å²) in [5.74, 6) is -3.18. The molecule has 0 radical (unpaired) electrons. The van der Waals surface area contributed by atoms with Gasteiger partial charge >= 0.3 is 11.9 Å². The van der Waals surface area contributed by atoms with Crippen molar-refractivity contribution in [2.24, 2.45) is 0 Å². The van der Waals surface area contributed by atoms with Crippen LogP contribution in [0.1, 0.15) is 12.8 Å². The van der Waals surface area contributed by atoms with Crippen LogP contribution in [0.5, 0.6) is 0 Å². The zero-order valence-corrected chi connectivity index (χ0v) is 44.0. The number of nitrogens with zero attached hydrogens (tertiary/aromatic N) is 8. The molecule has 0 amide bonds. The minimum atomic E-state index is -4.43. The van der Waals surface area contributed by atoms with E-state index in [1.165, 1.54) is 72.8 Å². The molecule has 2 aliphatic heterocycles. The molecular weight excluding hydrogens is 1070 g/mol. The number of carboxylic acid groups (broad SMARTS) is 2. The number of aromatic amines is 2. The topological polar surface area (TPSA) is 375 Å². The molecule has 4 aromatic carbocycles. The summed E-state index contributed by atoms with van der Waals surface area (Å²) in [5, 5.41) is 19.6. The Bertz CT molecular complexity index is 3920. The van der Waals surface area contributed by atoms with Crippen molar-refractivity contribution in [3.05, 3.63) is 72.8 Å². The van der Waals surface area contributed by atoms with E-state index in [1.54, 1.807) is 0 Å². The molecule has 26 nitrogen and oxygen atoms in total. The fraction of sp³-hybridized carbons (Fsp3) is 0.261. The Morgan fingerprint density at radius 1 is 0.434 bits per heavy atom. The zero-order valence-electron chi connectivity index (χ0n) is 40.8. The monoisotopic (exact) mass is 1120 g/mol. The number of nitrogens with one attached hydrogen (secondary N) is 6. The molecular formula is C46H48N14O12S4. The Hall–Kier alpha value is -7.26. The lowest BCUT2D eigenvalue weighted by molar-refractivity contribution is -0.136. The van der Waals surface area contributed by atoms with Gasteiger partial charge in [-0.2, -0.15) is 9.44 Å². The van der Waals surface area contributed by atoms with Gasteiger partial charge < -0.3 is 30.0 Å². The van der Waals surface area contributed by atoms with Crippen molar-refractivity contribution in [1.82, 2.24) is 68.6 Å². The largest absolute Gasteiger partial charge is 0.480 e. The fourth-order valence-corrected chi connectivity index (χ4v) is 12.4. The minimum absolute atomic E-state index is 0.00913. The first kappa shape index (κ1) is 53.6. The average molecular weight is 1120 g/mol. The third-order valence-electron chi connectivity index (χ3n) is 11.9. The second kappa shape index (κ2) is 20.7. The minimum Gasteiger partial charge on any atom is -0.480 e. The Kier molecular flexibility index (Phi) is 14.6. The molecule has 0 aliphatic carbocycles. The Morgan fingerprint density at radius 3 is 1.11 bits per heavy atom. The molecule has 30 heteroatoms. The maximum atomic E-state index is 13.8. The number of aliphatic carboxylic acids is 2. The molecule has 0 spiro atoms. The van der Waals surface area contributed by atoms with Crippen LogP contribution < -0.4 is 18.9 Å². The van der Waals surface area contributed by atoms with Crippen molar-refractivity contribution < 1.29 is 53.5 Å². The first-order chi connectivity index (χ1) is 35.9. The predicted octanol–water partition coefficient (Wildman–Crippen LogP) is 2.06. The van der Waals surface area contributed by atoms with Gasteiger partial charge in [-0.05, 0) is 127 Å². The Morgan fingerprint density at radius 2 is 0.750 bits per heavy atom. The number of aromatic nitrogens is 8. The van der Waals surface area contributed by atoms with E-state index < -0.39 is 65.1 Å². The second-order valence-corrected chi connectivity index (χ2v) is 25.1. The maximum Gasteiger partial charge on any atom is 0.318 e. The van der Waals surface area contributed by atoms with Crippen LogP contribution in [0.4, 0.5) is 0 Å². The third-order valence-corrected chi connectivity index (χ3v) is 17.6. The summed E-state index contributed by atoms with van der Waals surface area (Å²) in [6.07, 6.45) is 1.02. The van der Waals surface area contributed by atoms with Crippen LogP contribution in [0, 0.1) is 0 Å². The lowest BCUT2D eigenvalue weighted by Crippen LogP contribution is -2.29. The molecule has 3 aromatic heterocycles.